The number of nitro benzene ring substituents is 1. The van der Waals surface area contributed by atoms with Crippen LogP contribution in [0.2, 0.25) is 0 Å². The second-order valence-electron chi connectivity index (χ2n) is 3.77. The van der Waals surface area contributed by atoms with E-state index in [0.29, 0.717) is 0 Å². The third kappa shape index (κ3) is 3.41. The summed E-state index contributed by atoms with van der Waals surface area (Å²) < 4.78 is 0. The molecule has 0 fully saturated rings. The molecule has 0 aromatic heterocycles. The summed E-state index contributed by atoms with van der Waals surface area (Å²) in [5.74, 6) is -1.59. The number of hydrogen-bond acceptors (Lipinski definition) is 5. The first-order chi connectivity index (χ1) is 8.86. The molecule has 0 aliphatic rings. The lowest BCUT2D eigenvalue weighted by atomic mass is 10.1. The van der Waals surface area contributed by atoms with Crippen molar-refractivity contribution in [1.29, 1.82) is 0 Å². The number of carboxylic acid groups (broad SMARTS) is 1. The summed E-state index contributed by atoms with van der Waals surface area (Å²) in [5, 5.41) is 24.5. The third-order valence-electron chi connectivity index (χ3n) is 2.43. The van der Waals surface area contributed by atoms with E-state index in [1.807, 2.05) is 0 Å². The fourth-order valence-corrected chi connectivity index (χ4v) is 1.39. The van der Waals surface area contributed by atoms with Crippen molar-refractivity contribution in [3.8, 4) is 0 Å². The number of rotatable bonds is 5. The number of nitrogens with zero attached hydrogens (tertiary/aromatic N) is 1. The van der Waals surface area contributed by atoms with Crippen molar-refractivity contribution in [3.63, 3.8) is 0 Å². The van der Waals surface area contributed by atoms with Crippen LogP contribution in [-0.2, 0) is 4.79 Å². The molecule has 0 aliphatic heterocycles. The molecule has 102 valence electrons. The first kappa shape index (κ1) is 14.4. The second-order valence-corrected chi connectivity index (χ2v) is 3.77. The minimum absolute atomic E-state index is 0.0487. The molecule has 0 spiro atoms. The molecule has 1 rings (SSSR count). The fourth-order valence-electron chi connectivity index (χ4n) is 1.39. The monoisotopic (exact) mass is 267 g/mol. The Balaban J connectivity index is 3.15. The molecule has 0 aliphatic carbocycles. The first-order valence-electron chi connectivity index (χ1n) is 5.36. The van der Waals surface area contributed by atoms with Gasteiger partial charge in [-0.1, -0.05) is 0 Å². The van der Waals surface area contributed by atoms with Gasteiger partial charge in [0.2, 0.25) is 0 Å². The molecule has 1 aromatic carbocycles. The van der Waals surface area contributed by atoms with Gasteiger partial charge in [0.1, 0.15) is 11.7 Å². The van der Waals surface area contributed by atoms with Crippen molar-refractivity contribution >= 4 is 23.3 Å². The number of carboxylic acids is 1. The number of carbonyl (C=O) groups is 2. The normalized spacial score (nSPS) is 11.5. The summed E-state index contributed by atoms with van der Waals surface area (Å²) in [6, 6.07) is 2.80. The molecule has 0 saturated heterocycles. The molecule has 0 saturated carbocycles. The van der Waals surface area contributed by atoms with Crippen molar-refractivity contribution < 1.29 is 19.6 Å². The van der Waals surface area contributed by atoms with E-state index in [1.165, 1.54) is 26.1 Å². The molecule has 0 heterocycles. The van der Waals surface area contributed by atoms with Crippen LogP contribution in [0.5, 0.6) is 0 Å². The molecule has 3 N–H and O–H groups in total. The second kappa shape index (κ2) is 5.80. The van der Waals surface area contributed by atoms with E-state index in [4.69, 9.17) is 5.11 Å². The SMILES string of the molecule is CNC(=O)c1ccc(NC(C)C(=O)O)c([N+](=O)[O-])c1. The summed E-state index contributed by atoms with van der Waals surface area (Å²) in [6.45, 7) is 1.36. The standard InChI is InChI=1S/C11H13N3O5/c1-6(11(16)17)13-8-4-3-7(10(15)12-2)5-9(8)14(18)19/h3-6,13H,1-2H3,(H,12,15)(H,16,17). The Kier molecular flexibility index (Phi) is 4.41. The summed E-state index contributed by atoms with van der Waals surface area (Å²) in [7, 11) is 1.41. The molecule has 19 heavy (non-hydrogen) atoms. The predicted octanol–water partition coefficient (Wildman–Crippen LogP) is 0.839. The maximum Gasteiger partial charge on any atom is 0.325 e. The van der Waals surface area contributed by atoms with Gasteiger partial charge in [0.15, 0.2) is 0 Å². The van der Waals surface area contributed by atoms with Gasteiger partial charge in [-0.05, 0) is 19.1 Å². The van der Waals surface area contributed by atoms with E-state index in [2.05, 4.69) is 10.6 Å². The van der Waals surface area contributed by atoms with Gasteiger partial charge in [-0.15, -0.1) is 0 Å². The number of nitro groups is 1. The number of nitrogens with one attached hydrogen (secondary N) is 2. The van der Waals surface area contributed by atoms with E-state index in [9.17, 15) is 19.7 Å². The van der Waals surface area contributed by atoms with Crippen molar-refractivity contribution in [2.24, 2.45) is 0 Å². The maximum atomic E-state index is 11.4. The quantitative estimate of drug-likeness (QED) is 0.536. The van der Waals surface area contributed by atoms with Crippen LogP contribution in [0.3, 0.4) is 0 Å². The van der Waals surface area contributed by atoms with E-state index in [-0.39, 0.29) is 16.9 Å². The molecule has 8 nitrogen and oxygen atoms in total. The fraction of sp³-hybridized carbons (Fsp3) is 0.273. The zero-order chi connectivity index (χ0) is 14.6. The summed E-state index contributed by atoms with van der Waals surface area (Å²) >= 11 is 0. The Labute approximate surface area is 108 Å². The Morgan fingerprint density at radius 3 is 2.53 bits per heavy atom. The van der Waals surface area contributed by atoms with Gasteiger partial charge in [-0.3, -0.25) is 19.7 Å². The highest BCUT2D eigenvalue weighted by Gasteiger charge is 2.20. The van der Waals surface area contributed by atoms with Crippen LogP contribution in [0.4, 0.5) is 11.4 Å². The average molecular weight is 267 g/mol. The van der Waals surface area contributed by atoms with Gasteiger partial charge in [0.05, 0.1) is 4.92 Å². The number of carbonyl (C=O) groups excluding carboxylic acids is 1. The molecule has 1 amide bonds. The Hall–Kier alpha value is -2.64. The zero-order valence-corrected chi connectivity index (χ0v) is 10.3. The van der Waals surface area contributed by atoms with E-state index < -0.39 is 22.8 Å². The lowest BCUT2D eigenvalue weighted by molar-refractivity contribution is -0.384. The van der Waals surface area contributed by atoms with Gasteiger partial charge >= 0.3 is 5.97 Å². The highest BCUT2D eigenvalue weighted by atomic mass is 16.6. The Morgan fingerprint density at radius 1 is 1.42 bits per heavy atom. The van der Waals surface area contributed by atoms with Gasteiger partial charge < -0.3 is 15.7 Å². The minimum atomic E-state index is -1.13. The Bertz CT molecular complexity index is 529. The number of anilines is 1. The molecule has 0 bridgehead atoms. The van der Waals surface area contributed by atoms with Crippen LogP contribution in [-0.4, -0.2) is 35.0 Å². The highest BCUT2D eigenvalue weighted by Crippen LogP contribution is 2.26. The molecule has 1 unspecified atom stereocenters. The van der Waals surface area contributed by atoms with Crippen LogP contribution < -0.4 is 10.6 Å². The zero-order valence-electron chi connectivity index (χ0n) is 10.3. The lowest BCUT2D eigenvalue weighted by Gasteiger charge is -2.11. The van der Waals surface area contributed by atoms with Crippen molar-refractivity contribution in [3.05, 3.63) is 33.9 Å². The van der Waals surface area contributed by atoms with E-state index in [1.54, 1.807) is 0 Å². The summed E-state index contributed by atoms with van der Waals surface area (Å²) in [5.41, 5.74) is -0.176. The summed E-state index contributed by atoms with van der Waals surface area (Å²) in [4.78, 5) is 32.3. The molecule has 0 radical (unpaired) electrons. The van der Waals surface area contributed by atoms with Crippen LogP contribution in [0, 0.1) is 10.1 Å². The third-order valence-corrected chi connectivity index (χ3v) is 2.43. The van der Waals surface area contributed by atoms with Gasteiger partial charge in [-0.25, -0.2) is 0 Å². The first-order valence-corrected chi connectivity index (χ1v) is 5.36. The molecular formula is C11H13N3O5. The highest BCUT2D eigenvalue weighted by molar-refractivity contribution is 5.95. The van der Waals surface area contributed by atoms with Crippen LogP contribution in [0.15, 0.2) is 18.2 Å². The van der Waals surface area contributed by atoms with Crippen molar-refractivity contribution in [2.75, 3.05) is 12.4 Å². The van der Waals surface area contributed by atoms with E-state index >= 15 is 0 Å². The number of aliphatic carboxylic acids is 1. The van der Waals surface area contributed by atoms with Crippen LogP contribution in [0.1, 0.15) is 17.3 Å². The number of benzene rings is 1. The average Bonchev–Trinajstić information content (AvgIpc) is 2.37. The van der Waals surface area contributed by atoms with Crippen molar-refractivity contribution in [1.82, 2.24) is 5.32 Å². The summed E-state index contributed by atoms with van der Waals surface area (Å²) in [6.07, 6.45) is 0. The molecular weight excluding hydrogens is 254 g/mol. The van der Waals surface area contributed by atoms with Gasteiger partial charge in [-0.2, -0.15) is 0 Å². The number of hydrogen-bond donors (Lipinski definition) is 3. The molecule has 1 aromatic rings. The topological polar surface area (TPSA) is 122 Å². The van der Waals surface area contributed by atoms with Gasteiger partial charge in [0, 0.05) is 18.7 Å². The molecule has 8 heteroatoms. The van der Waals surface area contributed by atoms with E-state index in [0.717, 1.165) is 6.07 Å². The minimum Gasteiger partial charge on any atom is -0.480 e. The number of amides is 1. The molecule has 1 atom stereocenters. The maximum absolute atomic E-state index is 11.4. The predicted molar refractivity (Wildman–Crippen MR) is 67.2 cm³/mol. The largest absolute Gasteiger partial charge is 0.480 e. The lowest BCUT2D eigenvalue weighted by Crippen LogP contribution is -2.26. The van der Waals surface area contributed by atoms with Crippen LogP contribution in [0.25, 0.3) is 0 Å². The van der Waals surface area contributed by atoms with Crippen molar-refractivity contribution in [2.45, 2.75) is 13.0 Å². The van der Waals surface area contributed by atoms with Crippen LogP contribution >= 0.6 is 0 Å². The van der Waals surface area contributed by atoms with Gasteiger partial charge in [0.25, 0.3) is 11.6 Å². The Morgan fingerprint density at radius 2 is 2.05 bits per heavy atom. The smallest absolute Gasteiger partial charge is 0.325 e.